The Morgan fingerprint density at radius 2 is 1.75 bits per heavy atom. The SMILES string of the molecule is CCNC1=C(NC[C@H](O)[C@H](O)[C@H](O)CO)CC(=O)NC1=O.O=C=O. The summed E-state index contributed by atoms with van der Waals surface area (Å²) in [6.07, 6.45) is -4.21. The van der Waals surface area contributed by atoms with Crippen molar-refractivity contribution in [3.8, 4) is 0 Å². The Morgan fingerprint density at radius 3 is 2.25 bits per heavy atom. The van der Waals surface area contributed by atoms with Crippen molar-refractivity contribution in [2.45, 2.75) is 31.7 Å². The molecule has 0 saturated heterocycles. The molecule has 0 spiro atoms. The summed E-state index contributed by atoms with van der Waals surface area (Å²) in [6, 6.07) is 0. The highest BCUT2D eigenvalue weighted by Crippen LogP contribution is 2.10. The van der Waals surface area contributed by atoms with Crippen molar-refractivity contribution < 1.29 is 39.6 Å². The Kier molecular flexibility index (Phi) is 10.2. The van der Waals surface area contributed by atoms with E-state index in [0.29, 0.717) is 12.2 Å². The van der Waals surface area contributed by atoms with E-state index in [1.807, 2.05) is 0 Å². The monoisotopic (exact) mass is 347 g/mol. The molecule has 3 atom stereocenters. The standard InChI is InChI=1S/C12H21N3O6.CO2/c1-2-13-10-6(3-9(19)15-12(10)21)14-4-7(17)11(20)8(18)5-16;2-1-3/h7-8,11,13-14,16-18,20H,2-5H2,1H3,(H,15,19,21);/t7-,8+,11-;/m0./s1. The van der Waals surface area contributed by atoms with Crippen LogP contribution in [0.25, 0.3) is 0 Å². The van der Waals surface area contributed by atoms with Crippen molar-refractivity contribution >= 4 is 18.0 Å². The smallest absolute Gasteiger partial charge is 0.373 e. The average Bonchev–Trinajstić information content (AvgIpc) is 2.54. The maximum atomic E-state index is 11.7. The second-order valence-corrected chi connectivity index (χ2v) is 4.71. The lowest BCUT2D eigenvalue weighted by Gasteiger charge is -2.25. The van der Waals surface area contributed by atoms with Gasteiger partial charge in [-0.2, -0.15) is 9.59 Å². The van der Waals surface area contributed by atoms with Gasteiger partial charge in [-0.25, -0.2) is 0 Å². The molecular formula is C13H21N3O8. The summed E-state index contributed by atoms with van der Waals surface area (Å²) in [5.74, 6) is -1.05. The van der Waals surface area contributed by atoms with E-state index in [-0.39, 0.29) is 24.8 Å². The van der Waals surface area contributed by atoms with Gasteiger partial charge in [0.05, 0.1) is 19.1 Å². The van der Waals surface area contributed by atoms with Crippen molar-refractivity contribution in [2.75, 3.05) is 19.7 Å². The van der Waals surface area contributed by atoms with Crippen LogP contribution in [0.4, 0.5) is 0 Å². The second kappa shape index (κ2) is 11.3. The van der Waals surface area contributed by atoms with Crippen LogP contribution in [0.2, 0.25) is 0 Å². The van der Waals surface area contributed by atoms with Crippen LogP contribution in [0.1, 0.15) is 13.3 Å². The minimum Gasteiger partial charge on any atom is -0.394 e. The molecule has 7 N–H and O–H groups in total. The van der Waals surface area contributed by atoms with Crippen LogP contribution < -0.4 is 16.0 Å². The number of aliphatic hydroxyl groups is 4. The molecule has 11 heteroatoms. The number of aliphatic hydroxyl groups excluding tert-OH is 4. The topological polar surface area (TPSA) is 185 Å². The molecule has 0 radical (unpaired) electrons. The van der Waals surface area contributed by atoms with Gasteiger partial charge >= 0.3 is 6.15 Å². The lowest BCUT2D eigenvalue weighted by atomic mass is 10.1. The molecule has 24 heavy (non-hydrogen) atoms. The maximum Gasteiger partial charge on any atom is 0.373 e. The number of carbonyl (C=O) groups is 2. The molecule has 0 aromatic heterocycles. The van der Waals surface area contributed by atoms with Crippen LogP contribution in [0.15, 0.2) is 11.4 Å². The molecule has 0 fully saturated rings. The van der Waals surface area contributed by atoms with Crippen LogP contribution in [-0.4, -0.2) is 76.4 Å². The van der Waals surface area contributed by atoms with Gasteiger partial charge in [0.15, 0.2) is 0 Å². The Labute approximate surface area is 137 Å². The number of nitrogens with one attached hydrogen (secondary N) is 3. The molecule has 11 nitrogen and oxygen atoms in total. The second-order valence-electron chi connectivity index (χ2n) is 4.71. The molecule has 1 aliphatic rings. The molecule has 0 unspecified atom stereocenters. The zero-order chi connectivity index (χ0) is 18.7. The van der Waals surface area contributed by atoms with Crippen LogP contribution >= 0.6 is 0 Å². The van der Waals surface area contributed by atoms with E-state index >= 15 is 0 Å². The highest BCUT2D eigenvalue weighted by Gasteiger charge is 2.28. The van der Waals surface area contributed by atoms with Gasteiger partial charge in [-0.05, 0) is 6.92 Å². The summed E-state index contributed by atoms with van der Waals surface area (Å²) in [7, 11) is 0. The fraction of sp³-hybridized carbons (Fsp3) is 0.615. The molecule has 0 aromatic rings. The summed E-state index contributed by atoms with van der Waals surface area (Å²) in [4.78, 5) is 39.3. The zero-order valence-corrected chi connectivity index (χ0v) is 13.0. The van der Waals surface area contributed by atoms with E-state index in [4.69, 9.17) is 14.7 Å². The Bertz CT molecular complexity index is 501. The van der Waals surface area contributed by atoms with Gasteiger partial charge in [0, 0.05) is 18.8 Å². The molecule has 1 aliphatic heterocycles. The fourth-order valence-electron chi connectivity index (χ4n) is 1.85. The van der Waals surface area contributed by atoms with E-state index in [1.54, 1.807) is 6.92 Å². The first-order chi connectivity index (χ1) is 11.3. The van der Waals surface area contributed by atoms with E-state index < -0.39 is 36.7 Å². The largest absolute Gasteiger partial charge is 0.394 e. The van der Waals surface area contributed by atoms with E-state index in [0.717, 1.165) is 0 Å². The van der Waals surface area contributed by atoms with E-state index in [2.05, 4.69) is 16.0 Å². The van der Waals surface area contributed by atoms with Crippen LogP contribution in [-0.2, 0) is 19.2 Å². The summed E-state index contributed by atoms with van der Waals surface area (Å²) < 4.78 is 0. The number of likely N-dealkylation sites (N-methyl/N-ethyl adjacent to an activating group) is 1. The van der Waals surface area contributed by atoms with Gasteiger partial charge in [0.2, 0.25) is 5.91 Å². The van der Waals surface area contributed by atoms with Gasteiger partial charge < -0.3 is 31.1 Å². The number of imide groups is 1. The number of carbonyl (C=O) groups excluding carboxylic acids is 4. The molecule has 1 rings (SSSR count). The van der Waals surface area contributed by atoms with Gasteiger partial charge in [-0.3, -0.25) is 14.9 Å². The zero-order valence-electron chi connectivity index (χ0n) is 13.0. The van der Waals surface area contributed by atoms with E-state index in [9.17, 15) is 24.9 Å². The molecule has 0 bridgehead atoms. The van der Waals surface area contributed by atoms with Crippen molar-refractivity contribution in [2.24, 2.45) is 0 Å². The first-order valence-electron chi connectivity index (χ1n) is 7.01. The third-order valence-electron chi connectivity index (χ3n) is 2.97. The normalized spacial score (nSPS) is 17.7. The van der Waals surface area contributed by atoms with Crippen molar-refractivity contribution in [1.29, 1.82) is 0 Å². The van der Waals surface area contributed by atoms with Gasteiger partial charge in [-0.15, -0.1) is 0 Å². The van der Waals surface area contributed by atoms with Gasteiger partial charge in [0.1, 0.15) is 17.9 Å². The summed E-state index contributed by atoms with van der Waals surface area (Å²) >= 11 is 0. The molecule has 0 saturated carbocycles. The number of amides is 2. The quantitative estimate of drug-likeness (QED) is 0.213. The van der Waals surface area contributed by atoms with Gasteiger partial charge in [-0.1, -0.05) is 0 Å². The molecule has 1 heterocycles. The molecular weight excluding hydrogens is 326 g/mol. The van der Waals surface area contributed by atoms with Crippen molar-refractivity contribution in [1.82, 2.24) is 16.0 Å². The van der Waals surface area contributed by atoms with Crippen LogP contribution in [0, 0.1) is 0 Å². The molecule has 136 valence electrons. The molecule has 0 aromatic carbocycles. The lowest BCUT2D eigenvalue weighted by Crippen LogP contribution is -2.47. The predicted molar refractivity (Wildman–Crippen MR) is 76.6 cm³/mol. The number of hydrogen-bond donors (Lipinski definition) is 7. The third-order valence-corrected chi connectivity index (χ3v) is 2.97. The predicted octanol–water partition coefficient (Wildman–Crippen LogP) is -4.06. The lowest BCUT2D eigenvalue weighted by molar-refractivity contribution is -0.191. The third kappa shape index (κ3) is 6.86. The number of hydrogen-bond acceptors (Lipinski definition) is 10. The average molecular weight is 347 g/mol. The summed E-state index contributed by atoms with van der Waals surface area (Å²) in [5, 5.41) is 44.8. The first-order valence-corrected chi connectivity index (χ1v) is 7.01. The molecule has 2 amide bonds. The van der Waals surface area contributed by atoms with Crippen molar-refractivity contribution in [3.63, 3.8) is 0 Å². The van der Waals surface area contributed by atoms with Crippen LogP contribution in [0.3, 0.4) is 0 Å². The Hall–Kier alpha value is -2.30. The Balaban J connectivity index is 0.00000163. The molecule has 0 aliphatic carbocycles. The Morgan fingerprint density at radius 1 is 1.17 bits per heavy atom. The van der Waals surface area contributed by atoms with Crippen LogP contribution in [0.5, 0.6) is 0 Å². The first kappa shape index (κ1) is 21.7. The summed E-state index contributed by atoms with van der Waals surface area (Å²) in [5.41, 5.74) is 0.497. The maximum absolute atomic E-state index is 11.7. The van der Waals surface area contributed by atoms with Crippen molar-refractivity contribution in [3.05, 3.63) is 11.4 Å². The van der Waals surface area contributed by atoms with Gasteiger partial charge in [0.25, 0.3) is 5.91 Å². The van der Waals surface area contributed by atoms with E-state index in [1.165, 1.54) is 0 Å². The minimum atomic E-state index is -1.54. The minimum absolute atomic E-state index is 0.0700. The summed E-state index contributed by atoms with van der Waals surface area (Å²) in [6.45, 7) is 1.37. The fourth-order valence-corrected chi connectivity index (χ4v) is 1.85. The highest BCUT2D eigenvalue weighted by molar-refractivity contribution is 6.08. The highest BCUT2D eigenvalue weighted by atomic mass is 16.4. The number of rotatable bonds is 8.